The smallest absolute Gasteiger partial charge is 0.227 e. The van der Waals surface area contributed by atoms with Gasteiger partial charge in [-0.3, -0.25) is 9.59 Å². The first kappa shape index (κ1) is 20.0. The van der Waals surface area contributed by atoms with Crippen molar-refractivity contribution in [3.63, 3.8) is 0 Å². The third kappa shape index (κ3) is 5.33. The van der Waals surface area contributed by atoms with Crippen LogP contribution in [0.4, 0.5) is 0 Å². The fourth-order valence-corrected chi connectivity index (χ4v) is 3.52. The van der Waals surface area contributed by atoms with Gasteiger partial charge >= 0.3 is 0 Å². The Morgan fingerprint density at radius 2 is 1.56 bits per heavy atom. The van der Waals surface area contributed by atoms with Crippen molar-refractivity contribution in [2.75, 3.05) is 39.3 Å². The lowest BCUT2D eigenvalue weighted by atomic mass is 9.96. The van der Waals surface area contributed by atoms with Crippen LogP contribution in [0.15, 0.2) is 24.3 Å². The molecular weight excluding hydrogens is 361 g/mol. The molecule has 1 aromatic carbocycles. The summed E-state index contributed by atoms with van der Waals surface area (Å²) < 4.78 is 0. The summed E-state index contributed by atoms with van der Waals surface area (Å²) in [5.74, 6) is 0.537. The van der Waals surface area contributed by atoms with Gasteiger partial charge in [0.2, 0.25) is 11.8 Å². The predicted molar refractivity (Wildman–Crippen MR) is 101 cm³/mol. The van der Waals surface area contributed by atoms with Crippen LogP contribution in [0.5, 0.6) is 0 Å². The zero-order valence-corrected chi connectivity index (χ0v) is 15.8. The molecule has 2 fully saturated rings. The Hall–Kier alpha value is -1.30. The zero-order chi connectivity index (χ0) is 16.9. The summed E-state index contributed by atoms with van der Waals surface area (Å²) in [5, 5.41) is 3.97. The lowest BCUT2D eigenvalue weighted by molar-refractivity contribution is -0.142. The molecule has 2 aliphatic heterocycles. The van der Waals surface area contributed by atoms with Crippen molar-refractivity contribution in [2.45, 2.75) is 19.3 Å². The van der Waals surface area contributed by atoms with Gasteiger partial charge in [0.05, 0.1) is 6.42 Å². The van der Waals surface area contributed by atoms with Gasteiger partial charge in [0.1, 0.15) is 0 Å². The number of piperazine rings is 1. The second-order valence-electron chi connectivity index (χ2n) is 6.53. The molecule has 0 atom stereocenters. The maximum absolute atomic E-state index is 12.5. The van der Waals surface area contributed by atoms with Crippen molar-refractivity contribution in [3.05, 3.63) is 34.9 Å². The van der Waals surface area contributed by atoms with Gasteiger partial charge in [0.25, 0.3) is 0 Å². The third-order valence-electron chi connectivity index (χ3n) is 4.90. The van der Waals surface area contributed by atoms with Crippen molar-refractivity contribution >= 4 is 35.8 Å². The molecule has 2 heterocycles. The summed E-state index contributed by atoms with van der Waals surface area (Å²) in [6.45, 7) is 4.41. The van der Waals surface area contributed by atoms with E-state index in [9.17, 15) is 9.59 Å². The van der Waals surface area contributed by atoms with Crippen LogP contribution >= 0.6 is 24.0 Å². The van der Waals surface area contributed by atoms with Crippen LogP contribution in [0.3, 0.4) is 0 Å². The van der Waals surface area contributed by atoms with Crippen LogP contribution in [0.2, 0.25) is 5.02 Å². The lowest BCUT2D eigenvalue weighted by Crippen LogP contribution is -2.53. The predicted octanol–water partition coefficient (Wildman–Crippen LogP) is 1.97. The minimum atomic E-state index is 0. The van der Waals surface area contributed by atoms with Crippen LogP contribution in [0, 0.1) is 5.92 Å². The van der Waals surface area contributed by atoms with Crippen LogP contribution in [0.1, 0.15) is 18.4 Å². The van der Waals surface area contributed by atoms with Gasteiger partial charge in [-0.15, -0.1) is 12.4 Å². The average Bonchev–Trinajstić information content (AvgIpc) is 2.64. The molecule has 0 aliphatic carbocycles. The molecule has 5 nitrogen and oxygen atoms in total. The van der Waals surface area contributed by atoms with Crippen molar-refractivity contribution in [1.82, 2.24) is 15.1 Å². The number of hydrogen-bond donors (Lipinski definition) is 1. The highest BCUT2D eigenvalue weighted by atomic mass is 35.5. The van der Waals surface area contributed by atoms with Gasteiger partial charge in [-0.2, -0.15) is 0 Å². The number of hydrogen-bond acceptors (Lipinski definition) is 3. The van der Waals surface area contributed by atoms with Crippen LogP contribution in [0.25, 0.3) is 0 Å². The van der Waals surface area contributed by atoms with Crippen molar-refractivity contribution in [1.29, 1.82) is 0 Å². The van der Waals surface area contributed by atoms with Crippen LogP contribution in [-0.4, -0.2) is 60.9 Å². The fraction of sp³-hybridized carbons (Fsp3) is 0.556. The van der Waals surface area contributed by atoms with E-state index in [1.807, 2.05) is 21.9 Å². The SMILES string of the molecule is Cl.O=C(Cc1ccc(Cl)cc1)N1CCN(C(=O)C2CCNCC2)CC1. The van der Waals surface area contributed by atoms with E-state index in [4.69, 9.17) is 11.6 Å². The number of carbonyl (C=O) groups is 2. The fourth-order valence-electron chi connectivity index (χ4n) is 3.39. The highest BCUT2D eigenvalue weighted by Gasteiger charge is 2.29. The monoisotopic (exact) mass is 385 g/mol. The first-order valence-electron chi connectivity index (χ1n) is 8.65. The molecular formula is C18H25Cl2N3O2. The second kappa shape index (κ2) is 9.41. The maximum Gasteiger partial charge on any atom is 0.227 e. The first-order chi connectivity index (χ1) is 11.6. The molecule has 1 N–H and O–H groups in total. The van der Waals surface area contributed by atoms with Crippen molar-refractivity contribution in [3.8, 4) is 0 Å². The molecule has 0 aromatic heterocycles. The van der Waals surface area contributed by atoms with Crippen molar-refractivity contribution in [2.24, 2.45) is 5.92 Å². The molecule has 0 spiro atoms. The topological polar surface area (TPSA) is 52.7 Å². The minimum Gasteiger partial charge on any atom is -0.339 e. The Balaban J connectivity index is 0.00000225. The minimum absolute atomic E-state index is 0. The number of amides is 2. The van der Waals surface area contributed by atoms with Crippen LogP contribution < -0.4 is 5.32 Å². The molecule has 2 aliphatic rings. The quantitative estimate of drug-likeness (QED) is 0.865. The van der Waals surface area contributed by atoms with E-state index >= 15 is 0 Å². The summed E-state index contributed by atoms with van der Waals surface area (Å²) in [6.07, 6.45) is 2.24. The normalized spacial score (nSPS) is 18.6. The van der Waals surface area contributed by atoms with Crippen LogP contribution in [-0.2, 0) is 16.0 Å². The number of nitrogens with one attached hydrogen (secondary N) is 1. The number of benzene rings is 1. The summed E-state index contributed by atoms with van der Waals surface area (Å²) in [5.41, 5.74) is 0.970. The van der Waals surface area contributed by atoms with E-state index in [0.29, 0.717) is 37.6 Å². The molecule has 2 amide bonds. The number of halogens is 2. The summed E-state index contributed by atoms with van der Waals surface area (Å²) in [6, 6.07) is 7.38. The average molecular weight is 386 g/mol. The Morgan fingerprint density at radius 1 is 1.00 bits per heavy atom. The Kier molecular flexibility index (Phi) is 7.54. The molecule has 3 rings (SSSR count). The van der Waals surface area contributed by atoms with E-state index in [0.717, 1.165) is 31.5 Å². The summed E-state index contributed by atoms with van der Waals surface area (Å²) >= 11 is 5.87. The Bertz CT molecular complexity index is 580. The van der Waals surface area contributed by atoms with Gasteiger partial charge in [0.15, 0.2) is 0 Å². The molecule has 0 unspecified atom stereocenters. The second-order valence-corrected chi connectivity index (χ2v) is 6.97. The molecule has 25 heavy (non-hydrogen) atoms. The van der Waals surface area contributed by atoms with Gasteiger partial charge < -0.3 is 15.1 Å². The van der Waals surface area contributed by atoms with E-state index < -0.39 is 0 Å². The molecule has 0 bridgehead atoms. The third-order valence-corrected chi connectivity index (χ3v) is 5.15. The number of carbonyl (C=O) groups excluding carboxylic acids is 2. The lowest BCUT2D eigenvalue weighted by Gasteiger charge is -2.37. The molecule has 0 saturated carbocycles. The maximum atomic E-state index is 12.5. The molecule has 138 valence electrons. The Morgan fingerprint density at radius 3 is 2.16 bits per heavy atom. The first-order valence-corrected chi connectivity index (χ1v) is 9.03. The van der Waals surface area contributed by atoms with Gasteiger partial charge in [-0.05, 0) is 43.6 Å². The van der Waals surface area contributed by atoms with E-state index in [-0.39, 0.29) is 30.1 Å². The van der Waals surface area contributed by atoms with E-state index in [2.05, 4.69) is 5.32 Å². The Labute approximate surface area is 160 Å². The van der Waals surface area contributed by atoms with Gasteiger partial charge in [-0.1, -0.05) is 23.7 Å². The highest BCUT2D eigenvalue weighted by molar-refractivity contribution is 6.30. The molecule has 7 heteroatoms. The number of nitrogens with zero attached hydrogens (tertiary/aromatic N) is 2. The van der Waals surface area contributed by atoms with E-state index in [1.54, 1.807) is 12.1 Å². The molecule has 2 saturated heterocycles. The summed E-state index contributed by atoms with van der Waals surface area (Å²) in [7, 11) is 0. The largest absolute Gasteiger partial charge is 0.339 e. The van der Waals surface area contributed by atoms with Crippen molar-refractivity contribution < 1.29 is 9.59 Å². The number of rotatable bonds is 3. The zero-order valence-electron chi connectivity index (χ0n) is 14.2. The number of piperidine rings is 1. The molecule has 0 radical (unpaired) electrons. The standard InChI is InChI=1S/C18H24ClN3O2.ClH/c19-16-3-1-14(2-4-16)13-17(23)21-9-11-22(12-10-21)18(24)15-5-7-20-8-6-15;/h1-4,15,20H,5-13H2;1H. The van der Waals surface area contributed by atoms with E-state index in [1.165, 1.54) is 0 Å². The molecule has 1 aromatic rings. The highest BCUT2D eigenvalue weighted by Crippen LogP contribution is 2.17. The van der Waals surface area contributed by atoms with Gasteiger partial charge in [0, 0.05) is 37.1 Å². The summed E-state index contributed by atoms with van der Waals surface area (Å²) in [4.78, 5) is 28.7. The van der Waals surface area contributed by atoms with Gasteiger partial charge in [-0.25, -0.2) is 0 Å².